The topological polar surface area (TPSA) is 58.3 Å². The lowest BCUT2D eigenvalue weighted by Crippen LogP contribution is -2.51. The van der Waals surface area contributed by atoms with E-state index < -0.39 is 0 Å². The molecule has 1 aromatic rings. The number of nitrogen functional groups attached to an aromatic ring is 1. The summed E-state index contributed by atoms with van der Waals surface area (Å²) in [6.45, 7) is 3.33. The van der Waals surface area contributed by atoms with Gasteiger partial charge in [-0.05, 0) is 39.8 Å². The van der Waals surface area contributed by atoms with Crippen LogP contribution in [0.4, 0.5) is 5.82 Å². The van der Waals surface area contributed by atoms with Crippen LogP contribution >= 0.6 is 0 Å². The van der Waals surface area contributed by atoms with Gasteiger partial charge >= 0.3 is 0 Å². The van der Waals surface area contributed by atoms with E-state index in [4.69, 9.17) is 10.7 Å². The van der Waals surface area contributed by atoms with Crippen LogP contribution in [0.15, 0.2) is 0 Å². The Morgan fingerprint density at radius 2 is 1.95 bits per heavy atom. The summed E-state index contributed by atoms with van der Waals surface area (Å²) < 4.78 is 0. The zero-order chi connectivity index (χ0) is 14.1. The molecule has 2 heterocycles. The molecule has 0 spiro atoms. The van der Waals surface area contributed by atoms with Crippen LogP contribution in [0, 0.1) is 0 Å². The van der Waals surface area contributed by atoms with E-state index in [0.717, 1.165) is 50.5 Å². The molecule has 2 N–H and O–H groups in total. The second kappa shape index (κ2) is 5.66. The highest BCUT2D eigenvalue weighted by Crippen LogP contribution is 2.24. The minimum absolute atomic E-state index is 0.495. The third kappa shape index (κ3) is 2.79. The van der Waals surface area contributed by atoms with Crippen molar-refractivity contribution in [2.45, 2.75) is 38.1 Å². The van der Waals surface area contributed by atoms with Gasteiger partial charge in [-0.1, -0.05) is 0 Å². The van der Waals surface area contributed by atoms with Gasteiger partial charge < -0.3 is 15.5 Å². The third-order valence-corrected chi connectivity index (χ3v) is 4.66. The fraction of sp³-hybridized carbons (Fsp3) is 0.733. The monoisotopic (exact) mass is 275 g/mol. The van der Waals surface area contributed by atoms with Crippen LogP contribution in [0.1, 0.15) is 29.9 Å². The van der Waals surface area contributed by atoms with Crippen molar-refractivity contribution in [3.05, 3.63) is 17.1 Å². The van der Waals surface area contributed by atoms with Gasteiger partial charge in [-0.15, -0.1) is 0 Å². The first-order valence-corrected chi connectivity index (χ1v) is 7.66. The molecular weight excluding hydrogens is 250 g/mol. The van der Waals surface area contributed by atoms with Gasteiger partial charge in [-0.2, -0.15) is 0 Å². The van der Waals surface area contributed by atoms with Crippen molar-refractivity contribution in [3.63, 3.8) is 0 Å². The van der Waals surface area contributed by atoms with Crippen molar-refractivity contribution < 1.29 is 0 Å². The number of anilines is 1. The van der Waals surface area contributed by atoms with E-state index in [-0.39, 0.29) is 0 Å². The number of rotatable bonds is 2. The summed E-state index contributed by atoms with van der Waals surface area (Å²) in [5.41, 5.74) is 8.54. The number of hydrogen-bond acceptors (Lipinski definition) is 5. The first-order chi connectivity index (χ1) is 9.63. The molecule has 5 heteroatoms. The zero-order valence-corrected chi connectivity index (χ0v) is 12.6. The number of fused-ring (bicyclic) bond motifs is 1. The van der Waals surface area contributed by atoms with Crippen molar-refractivity contribution in [3.8, 4) is 0 Å². The highest BCUT2D eigenvalue weighted by atomic mass is 15.3. The molecule has 0 radical (unpaired) electrons. The Kier molecular flexibility index (Phi) is 3.89. The van der Waals surface area contributed by atoms with E-state index in [9.17, 15) is 0 Å². The number of hydrogen-bond donors (Lipinski definition) is 1. The van der Waals surface area contributed by atoms with Crippen LogP contribution < -0.4 is 5.73 Å². The molecule has 1 fully saturated rings. The van der Waals surface area contributed by atoms with Crippen LogP contribution in [-0.2, 0) is 19.3 Å². The SMILES string of the molecule is CN1CCN(C)C(Cc2nc(N)c3c(n2)CCCC3)C1. The van der Waals surface area contributed by atoms with Crippen molar-refractivity contribution in [1.29, 1.82) is 0 Å². The van der Waals surface area contributed by atoms with Gasteiger partial charge in [-0.3, -0.25) is 0 Å². The molecule has 20 heavy (non-hydrogen) atoms. The Balaban J connectivity index is 1.78. The van der Waals surface area contributed by atoms with E-state index in [0.29, 0.717) is 6.04 Å². The number of aryl methyl sites for hydroxylation is 1. The van der Waals surface area contributed by atoms with Crippen LogP contribution in [0.5, 0.6) is 0 Å². The minimum atomic E-state index is 0.495. The standard InChI is InChI=1S/C15H25N5/c1-19-7-8-20(2)11(10-19)9-14-17-13-6-4-3-5-12(13)15(16)18-14/h11H,3-10H2,1-2H3,(H2,16,17,18). The molecule has 1 saturated heterocycles. The average Bonchev–Trinajstić information content (AvgIpc) is 2.43. The van der Waals surface area contributed by atoms with Crippen LogP contribution in [0.3, 0.4) is 0 Å². The molecule has 110 valence electrons. The second-order valence-electron chi connectivity index (χ2n) is 6.26. The van der Waals surface area contributed by atoms with E-state index in [1.165, 1.54) is 24.1 Å². The maximum absolute atomic E-state index is 6.13. The lowest BCUT2D eigenvalue weighted by atomic mass is 9.96. The lowest BCUT2D eigenvalue weighted by molar-refractivity contribution is 0.113. The largest absolute Gasteiger partial charge is 0.383 e. The molecule has 0 amide bonds. The Morgan fingerprint density at radius 1 is 1.15 bits per heavy atom. The zero-order valence-electron chi connectivity index (χ0n) is 12.6. The first kappa shape index (κ1) is 13.8. The number of nitrogens with two attached hydrogens (primary N) is 1. The van der Waals surface area contributed by atoms with Gasteiger partial charge in [0.1, 0.15) is 11.6 Å². The van der Waals surface area contributed by atoms with Gasteiger partial charge in [0.2, 0.25) is 0 Å². The molecule has 0 saturated carbocycles. The Bertz CT molecular complexity index is 487. The number of piperazine rings is 1. The summed E-state index contributed by atoms with van der Waals surface area (Å²) in [7, 11) is 4.38. The third-order valence-electron chi connectivity index (χ3n) is 4.66. The van der Waals surface area contributed by atoms with E-state index >= 15 is 0 Å². The van der Waals surface area contributed by atoms with Gasteiger partial charge in [0, 0.05) is 43.4 Å². The molecular formula is C15H25N5. The number of likely N-dealkylation sites (N-methyl/N-ethyl adjacent to an activating group) is 2. The summed E-state index contributed by atoms with van der Waals surface area (Å²) in [5, 5.41) is 0. The van der Waals surface area contributed by atoms with Crippen molar-refractivity contribution in [2.75, 3.05) is 39.5 Å². The molecule has 0 aromatic carbocycles. The molecule has 1 unspecified atom stereocenters. The van der Waals surface area contributed by atoms with Crippen LogP contribution in [0.2, 0.25) is 0 Å². The smallest absolute Gasteiger partial charge is 0.132 e. The fourth-order valence-electron chi connectivity index (χ4n) is 3.30. The van der Waals surface area contributed by atoms with E-state index in [2.05, 4.69) is 28.9 Å². The normalized spacial score (nSPS) is 24.6. The first-order valence-electron chi connectivity index (χ1n) is 7.66. The Morgan fingerprint density at radius 3 is 2.80 bits per heavy atom. The summed E-state index contributed by atoms with van der Waals surface area (Å²) in [6.07, 6.45) is 5.46. The van der Waals surface area contributed by atoms with Gasteiger partial charge in [0.15, 0.2) is 0 Å². The van der Waals surface area contributed by atoms with Crippen molar-refractivity contribution >= 4 is 5.82 Å². The highest BCUT2D eigenvalue weighted by Gasteiger charge is 2.24. The molecule has 5 nitrogen and oxygen atoms in total. The van der Waals surface area contributed by atoms with Gasteiger partial charge in [0.25, 0.3) is 0 Å². The molecule has 3 rings (SSSR count). The fourth-order valence-corrected chi connectivity index (χ4v) is 3.30. The van der Waals surface area contributed by atoms with E-state index in [1.807, 2.05) is 0 Å². The number of aromatic nitrogens is 2. The summed E-state index contributed by atoms with van der Waals surface area (Å²) >= 11 is 0. The summed E-state index contributed by atoms with van der Waals surface area (Å²) in [6, 6.07) is 0.495. The molecule has 1 aromatic heterocycles. The highest BCUT2D eigenvalue weighted by molar-refractivity contribution is 5.43. The number of nitrogens with zero attached hydrogens (tertiary/aromatic N) is 4. The Hall–Kier alpha value is -1.20. The molecule has 2 aliphatic rings. The molecule has 1 atom stereocenters. The van der Waals surface area contributed by atoms with Crippen molar-refractivity contribution in [1.82, 2.24) is 19.8 Å². The van der Waals surface area contributed by atoms with E-state index in [1.54, 1.807) is 0 Å². The van der Waals surface area contributed by atoms with Gasteiger partial charge in [0.05, 0.1) is 0 Å². The van der Waals surface area contributed by atoms with Crippen LogP contribution in [0.25, 0.3) is 0 Å². The van der Waals surface area contributed by atoms with Crippen LogP contribution in [-0.4, -0.2) is 59.5 Å². The molecule has 0 bridgehead atoms. The maximum atomic E-state index is 6.13. The molecule has 1 aliphatic heterocycles. The minimum Gasteiger partial charge on any atom is -0.383 e. The average molecular weight is 275 g/mol. The Labute approximate surface area is 121 Å². The predicted molar refractivity (Wildman–Crippen MR) is 80.7 cm³/mol. The summed E-state index contributed by atoms with van der Waals surface area (Å²) in [4.78, 5) is 14.1. The quantitative estimate of drug-likeness (QED) is 0.862. The second-order valence-corrected chi connectivity index (χ2v) is 6.26. The molecule has 1 aliphatic carbocycles. The predicted octanol–water partition coefficient (Wildman–Crippen LogP) is 0.726. The lowest BCUT2D eigenvalue weighted by Gasteiger charge is -2.37. The van der Waals surface area contributed by atoms with Crippen molar-refractivity contribution in [2.24, 2.45) is 0 Å². The summed E-state index contributed by atoms with van der Waals surface area (Å²) in [5.74, 6) is 1.65. The maximum Gasteiger partial charge on any atom is 0.132 e. The van der Waals surface area contributed by atoms with Gasteiger partial charge in [-0.25, -0.2) is 9.97 Å².